The fourth-order valence-electron chi connectivity index (χ4n) is 1.52. The van der Waals surface area contributed by atoms with Gasteiger partial charge in [-0.05, 0) is 0 Å². The number of hydrogen-bond acceptors (Lipinski definition) is 3. The topological polar surface area (TPSA) is 58.6 Å². The Labute approximate surface area is 106 Å². The van der Waals surface area contributed by atoms with E-state index in [0.717, 1.165) is 5.56 Å². The maximum absolute atomic E-state index is 11.9. The fourth-order valence-corrected chi connectivity index (χ4v) is 1.52. The summed E-state index contributed by atoms with van der Waals surface area (Å²) in [6, 6.07) is 9.74. The Hall–Kier alpha value is -1.97. The molecule has 1 aromatic carbocycles. The molecule has 2 aromatic rings. The number of nitrogens with one attached hydrogen (secondary N) is 1. The van der Waals surface area contributed by atoms with Gasteiger partial charge in [-0.1, -0.05) is 51.1 Å². The fraction of sp³-hybridized carbons (Fsp3) is 0.357. The van der Waals surface area contributed by atoms with Crippen LogP contribution in [0.4, 0.5) is 0 Å². The van der Waals surface area contributed by atoms with E-state index < -0.39 is 0 Å². The van der Waals surface area contributed by atoms with Crippen LogP contribution in [0.2, 0.25) is 0 Å². The van der Waals surface area contributed by atoms with Crippen molar-refractivity contribution in [3.8, 4) is 11.4 Å². The van der Waals surface area contributed by atoms with E-state index in [2.05, 4.69) is 15.2 Å². The number of carbonyl (C=O) groups is 1. The lowest BCUT2D eigenvalue weighted by Crippen LogP contribution is -2.22. The molecule has 0 radical (unpaired) electrons. The highest BCUT2D eigenvalue weighted by Gasteiger charge is 2.22. The molecule has 4 heteroatoms. The standard InChI is InChI=1S/C14H17N3O/c1-14(2,3)11(18)9-12-15-13(17-16-12)10-7-5-4-6-8-10/h4-8H,9H2,1-3H3,(H,15,16,17). The normalized spacial score (nSPS) is 11.5. The summed E-state index contributed by atoms with van der Waals surface area (Å²) < 4.78 is 0. The van der Waals surface area contributed by atoms with Crippen molar-refractivity contribution >= 4 is 5.78 Å². The summed E-state index contributed by atoms with van der Waals surface area (Å²) in [6.45, 7) is 5.72. The Balaban J connectivity index is 2.15. The summed E-state index contributed by atoms with van der Waals surface area (Å²) in [5, 5.41) is 8.08. The number of nitrogens with zero attached hydrogens (tertiary/aromatic N) is 2. The summed E-state index contributed by atoms with van der Waals surface area (Å²) >= 11 is 0. The van der Waals surface area contributed by atoms with Gasteiger partial charge in [-0.25, -0.2) is 0 Å². The number of carbonyl (C=O) groups excluding carboxylic acids is 1. The van der Waals surface area contributed by atoms with Crippen LogP contribution in [0.15, 0.2) is 30.3 Å². The second kappa shape index (κ2) is 4.72. The zero-order chi connectivity index (χ0) is 13.2. The van der Waals surface area contributed by atoms with Crippen molar-refractivity contribution in [3.63, 3.8) is 0 Å². The molecule has 0 atom stereocenters. The first-order valence-electron chi connectivity index (χ1n) is 5.97. The third kappa shape index (κ3) is 2.83. The number of hydrogen-bond donors (Lipinski definition) is 1. The van der Waals surface area contributed by atoms with Crippen molar-refractivity contribution < 1.29 is 4.79 Å². The lowest BCUT2D eigenvalue weighted by atomic mass is 9.89. The van der Waals surface area contributed by atoms with Gasteiger partial charge in [0.05, 0.1) is 6.42 Å². The van der Waals surface area contributed by atoms with E-state index in [1.807, 2.05) is 51.1 Å². The second-order valence-corrected chi connectivity index (χ2v) is 5.34. The summed E-state index contributed by atoms with van der Waals surface area (Å²) in [4.78, 5) is 15.0. The van der Waals surface area contributed by atoms with Crippen LogP contribution in [0.25, 0.3) is 11.4 Å². The van der Waals surface area contributed by atoms with E-state index in [0.29, 0.717) is 18.1 Å². The molecule has 0 spiro atoms. The van der Waals surface area contributed by atoms with Gasteiger partial charge in [-0.3, -0.25) is 4.79 Å². The van der Waals surface area contributed by atoms with Gasteiger partial charge in [0.1, 0.15) is 11.6 Å². The van der Waals surface area contributed by atoms with Crippen LogP contribution >= 0.6 is 0 Å². The molecule has 0 fully saturated rings. The molecule has 4 nitrogen and oxygen atoms in total. The van der Waals surface area contributed by atoms with Gasteiger partial charge in [0.15, 0.2) is 5.82 Å². The maximum atomic E-state index is 11.9. The quantitative estimate of drug-likeness (QED) is 0.901. The molecule has 1 N–H and O–H groups in total. The van der Waals surface area contributed by atoms with Crippen LogP contribution in [0.1, 0.15) is 26.6 Å². The predicted octanol–water partition coefficient (Wildman–Crippen LogP) is 2.63. The Morgan fingerprint density at radius 3 is 2.44 bits per heavy atom. The Morgan fingerprint density at radius 2 is 1.83 bits per heavy atom. The van der Waals surface area contributed by atoms with Gasteiger partial charge in [0, 0.05) is 11.0 Å². The molecule has 0 saturated heterocycles. The van der Waals surface area contributed by atoms with Crippen molar-refractivity contribution in [1.29, 1.82) is 0 Å². The highest BCUT2D eigenvalue weighted by molar-refractivity contribution is 5.85. The molecule has 0 unspecified atom stereocenters. The van der Waals surface area contributed by atoms with Crippen LogP contribution in [-0.2, 0) is 11.2 Å². The highest BCUT2D eigenvalue weighted by atomic mass is 16.1. The smallest absolute Gasteiger partial charge is 0.161 e. The lowest BCUT2D eigenvalue weighted by Gasteiger charge is -2.14. The monoisotopic (exact) mass is 243 g/mol. The summed E-state index contributed by atoms with van der Waals surface area (Å²) in [6.07, 6.45) is 0.295. The average Bonchev–Trinajstić information content (AvgIpc) is 2.77. The van der Waals surface area contributed by atoms with E-state index in [1.165, 1.54) is 0 Å². The number of H-pyrrole nitrogens is 1. The van der Waals surface area contributed by atoms with Gasteiger partial charge in [-0.2, -0.15) is 0 Å². The molecule has 0 aliphatic heterocycles. The molecule has 0 bridgehead atoms. The molecule has 2 rings (SSSR count). The number of aromatic nitrogens is 3. The molecule has 0 amide bonds. The summed E-state index contributed by atoms with van der Waals surface area (Å²) in [5.74, 6) is 1.47. The van der Waals surface area contributed by atoms with Crippen LogP contribution in [-0.4, -0.2) is 21.0 Å². The van der Waals surface area contributed by atoms with E-state index in [1.54, 1.807) is 0 Å². The number of Topliss-reactive ketones (excluding diaryl/α,β-unsaturated/α-hetero) is 1. The molecular weight excluding hydrogens is 226 g/mol. The first kappa shape index (κ1) is 12.5. The minimum absolute atomic E-state index is 0.151. The number of rotatable bonds is 3. The van der Waals surface area contributed by atoms with Gasteiger partial charge in [0.25, 0.3) is 0 Å². The minimum atomic E-state index is -0.348. The van der Waals surface area contributed by atoms with Crippen molar-refractivity contribution in [2.24, 2.45) is 5.41 Å². The summed E-state index contributed by atoms with van der Waals surface area (Å²) in [5.41, 5.74) is 0.624. The Morgan fingerprint density at radius 1 is 1.17 bits per heavy atom. The SMILES string of the molecule is CC(C)(C)C(=O)Cc1nnc(-c2ccccc2)[nH]1. The number of benzene rings is 1. The van der Waals surface area contributed by atoms with Gasteiger partial charge in [0.2, 0.25) is 0 Å². The van der Waals surface area contributed by atoms with Crippen LogP contribution in [0.3, 0.4) is 0 Å². The second-order valence-electron chi connectivity index (χ2n) is 5.34. The Bertz CT molecular complexity index is 538. The van der Waals surface area contributed by atoms with E-state index in [4.69, 9.17) is 0 Å². The number of ketones is 1. The molecule has 0 aliphatic carbocycles. The van der Waals surface area contributed by atoms with Crippen molar-refractivity contribution in [3.05, 3.63) is 36.2 Å². The molecular formula is C14H17N3O. The average molecular weight is 243 g/mol. The molecule has 94 valence electrons. The van der Waals surface area contributed by atoms with Crippen LogP contribution < -0.4 is 0 Å². The first-order chi connectivity index (χ1) is 8.47. The maximum Gasteiger partial charge on any atom is 0.161 e. The lowest BCUT2D eigenvalue weighted by molar-refractivity contribution is -0.125. The number of aromatic amines is 1. The third-order valence-electron chi connectivity index (χ3n) is 2.75. The molecule has 0 saturated carbocycles. The van der Waals surface area contributed by atoms with Crippen molar-refractivity contribution in [2.45, 2.75) is 27.2 Å². The van der Waals surface area contributed by atoms with Crippen LogP contribution in [0.5, 0.6) is 0 Å². The largest absolute Gasteiger partial charge is 0.325 e. The molecule has 1 heterocycles. The van der Waals surface area contributed by atoms with Gasteiger partial charge in [-0.15, -0.1) is 10.2 Å². The zero-order valence-corrected chi connectivity index (χ0v) is 10.9. The molecule has 0 aliphatic rings. The van der Waals surface area contributed by atoms with Gasteiger partial charge >= 0.3 is 0 Å². The first-order valence-corrected chi connectivity index (χ1v) is 5.97. The molecule has 18 heavy (non-hydrogen) atoms. The summed E-state index contributed by atoms with van der Waals surface area (Å²) in [7, 11) is 0. The Kier molecular flexibility index (Phi) is 3.28. The zero-order valence-electron chi connectivity index (χ0n) is 10.9. The van der Waals surface area contributed by atoms with Crippen molar-refractivity contribution in [1.82, 2.24) is 15.2 Å². The molecule has 1 aromatic heterocycles. The predicted molar refractivity (Wildman–Crippen MR) is 70.0 cm³/mol. The third-order valence-corrected chi connectivity index (χ3v) is 2.75. The van der Waals surface area contributed by atoms with Gasteiger partial charge < -0.3 is 4.98 Å². The highest BCUT2D eigenvalue weighted by Crippen LogP contribution is 2.18. The van der Waals surface area contributed by atoms with Crippen molar-refractivity contribution in [2.75, 3.05) is 0 Å². The van der Waals surface area contributed by atoms with E-state index in [9.17, 15) is 4.79 Å². The van der Waals surface area contributed by atoms with E-state index in [-0.39, 0.29) is 11.2 Å². The minimum Gasteiger partial charge on any atom is -0.325 e. The van der Waals surface area contributed by atoms with Crippen LogP contribution in [0, 0.1) is 5.41 Å². The van der Waals surface area contributed by atoms with E-state index >= 15 is 0 Å².